The van der Waals surface area contributed by atoms with E-state index in [1.165, 1.54) is 0 Å². The van der Waals surface area contributed by atoms with Gasteiger partial charge in [-0.05, 0) is 5.56 Å². The minimum absolute atomic E-state index is 0.000340. The van der Waals surface area contributed by atoms with Gasteiger partial charge in [0.15, 0.2) is 0 Å². The summed E-state index contributed by atoms with van der Waals surface area (Å²) in [4.78, 5) is 10.8. The van der Waals surface area contributed by atoms with Gasteiger partial charge in [-0.3, -0.25) is 4.79 Å². The third kappa shape index (κ3) is 1.08. The van der Waals surface area contributed by atoms with Crippen molar-refractivity contribution in [1.82, 2.24) is 5.32 Å². The lowest BCUT2D eigenvalue weighted by atomic mass is 9.97. The minimum atomic E-state index is -0.396. The summed E-state index contributed by atoms with van der Waals surface area (Å²) in [5, 5.41) is 2.34. The molecule has 0 radical (unpaired) electrons. The van der Waals surface area contributed by atoms with Crippen LogP contribution in [0.4, 0.5) is 0 Å². The quantitative estimate of drug-likeness (QED) is 0.516. The van der Waals surface area contributed by atoms with Crippen LogP contribution in [0, 0.1) is 0 Å². The molecular formula is C9H8ClNO. The molecule has 12 heavy (non-hydrogen) atoms. The first kappa shape index (κ1) is 7.62. The second-order valence-corrected chi connectivity index (χ2v) is 3.27. The number of benzene rings is 1. The Bertz CT molecular complexity index is 299. The first-order valence-corrected chi connectivity index (χ1v) is 4.22. The molecule has 0 aliphatic carbocycles. The molecule has 2 rings (SSSR count). The van der Waals surface area contributed by atoms with Gasteiger partial charge in [0.25, 0.3) is 0 Å². The molecular weight excluding hydrogens is 174 g/mol. The molecule has 0 spiro atoms. The van der Waals surface area contributed by atoms with Crippen molar-refractivity contribution in [2.45, 2.75) is 11.4 Å². The van der Waals surface area contributed by atoms with Gasteiger partial charge in [-0.15, -0.1) is 11.6 Å². The SMILES string of the molecule is O=C1N[C@@H](c2ccccc2)[C@@H]1Cl. The molecule has 1 amide bonds. The van der Waals surface area contributed by atoms with Gasteiger partial charge in [0.2, 0.25) is 5.91 Å². The standard InChI is InChI=1S/C9H8ClNO/c10-7-8(11-9(7)12)6-4-2-1-3-5-6/h1-5,7-8H,(H,11,12)/t7-,8-/m0/s1. The van der Waals surface area contributed by atoms with E-state index in [0.29, 0.717) is 0 Å². The predicted octanol–water partition coefficient (Wildman–Crippen LogP) is 1.46. The molecule has 0 bridgehead atoms. The summed E-state index contributed by atoms with van der Waals surface area (Å²) in [6.45, 7) is 0. The van der Waals surface area contributed by atoms with Crippen LogP contribution in [0.25, 0.3) is 0 Å². The number of carbonyl (C=O) groups excluding carboxylic acids is 1. The Morgan fingerprint density at radius 1 is 1.25 bits per heavy atom. The Morgan fingerprint density at radius 3 is 2.42 bits per heavy atom. The molecule has 3 heteroatoms. The summed E-state index contributed by atoms with van der Waals surface area (Å²) >= 11 is 5.79. The molecule has 1 aliphatic rings. The maximum atomic E-state index is 10.8. The maximum absolute atomic E-state index is 10.8. The van der Waals surface area contributed by atoms with Crippen LogP contribution in [0.5, 0.6) is 0 Å². The number of rotatable bonds is 1. The molecule has 1 aromatic carbocycles. The number of hydrogen-bond donors (Lipinski definition) is 1. The van der Waals surface area contributed by atoms with Crippen LogP contribution in [0.1, 0.15) is 11.6 Å². The number of β-lactam (4-membered cyclic amide) rings is 1. The molecule has 1 saturated heterocycles. The number of alkyl halides is 1. The summed E-state index contributed by atoms with van der Waals surface area (Å²) in [7, 11) is 0. The van der Waals surface area contributed by atoms with Gasteiger partial charge in [-0.2, -0.15) is 0 Å². The number of carbonyl (C=O) groups is 1. The van der Waals surface area contributed by atoms with Crippen molar-refractivity contribution in [3.63, 3.8) is 0 Å². The van der Waals surface area contributed by atoms with Gasteiger partial charge in [0.05, 0.1) is 6.04 Å². The summed E-state index contributed by atoms with van der Waals surface area (Å²) in [6, 6.07) is 9.72. The molecule has 0 unspecified atom stereocenters. The van der Waals surface area contributed by atoms with Crippen molar-refractivity contribution in [2.75, 3.05) is 0 Å². The maximum Gasteiger partial charge on any atom is 0.241 e. The van der Waals surface area contributed by atoms with Gasteiger partial charge in [0, 0.05) is 0 Å². The predicted molar refractivity (Wildman–Crippen MR) is 47.0 cm³/mol. The van der Waals surface area contributed by atoms with E-state index in [-0.39, 0.29) is 11.9 Å². The Labute approximate surface area is 75.5 Å². The second-order valence-electron chi connectivity index (χ2n) is 2.80. The van der Waals surface area contributed by atoms with E-state index in [0.717, 1.165) is 5.56 Å². The summed E-state index contributed by atoms with van der Waals surface area (Å²) < 4.78 is 0. The summed E-state index contributed by atoms with van der Waals surface area (Å²) in [5.74, 6) is -0.0782. The van der Waals surface area contributed by atoms with Crippen LogP contribution < -0.4 is 5.32 Å². The van der Waals surface area contributed by atoms with Crippen LogP contribution >= 0.6 is 11.6 Å². The third-order valence-electron chi connectivity index (χ3n) is 2.00. The van der Waals surface area contributed by atoms with E-state index in [1.807, 2.05) is 30.3 Å². The number of halogens is 1. The zero-order chi connectivity index (χ0) is 8.55. The number of nitrogens with one attached hydrogen (secondary N) is 1. The molecule has 0 aromatic heterocycles. The smallest absolute Gasteiger partial charge is 0.241 e. The molecule has 1 heterocycles. The molecule has 1 N–H and O–H groups in total. The number of hydrogen-bond acceptors (Lipinski definition) is 1. The second kappa shape index (κ2) is 2.79. The normalized spacial score (nSPS) is 27.6. The zero-order valence-electron chi connectivity index (χ0n) is 6.33. The van der Waals surface area contributed by atoms with Crippen molar-refractivity contribution < 1.29 is 4.79 Å². The topological polar surface area (TPSA) is 29.1 Å². The molecule has 0 saturated carbocycles. The van der Waals surface area contributed by atoms with Crippen LogP contribution in [0.3, 0.4) is 0 Å². The lowest BCUT2D eigenvalue weighted by molar-refractivity contribution is -0.127. The molecule has 2 nitrogen and oxygen atoms in total. The third-order valence-corrected chi connectivity index (χ3v) is 2.45. The van der Waals surface area contributed by atoms with E-state index < -0.39 is 5.38 Å². The Balaban J connectivity index is 2.18. The summed E-state index contributed by atoms with van der Waals surface area (Å²) in [5.41, 5.74) is 1.07. The average Bonchev–Trinajstić information content (AvgIpc) is 2.15. The first-order chi connectivity index (χ1) is 5.79. The van der Waals surface area contributed by atoms with Crippen LogP contribution in [0.15, 0.2) is 30.3 Å². The molecule has 1 aliphatic heterocycles. The van der Waals surface area contributed by atoms with Crippen LogP contribution in [0.2, 0.25) is 0 Å². The first-order valence-electron chi connectivity index (χ1n) is 3.78. The van der Waals surface area contributed by atoms with Crippen molar-refractivity contribution in [3.8, 4) is 0 Å². The van der Waals surface area contributed by atoms with E-state index in [4.69, 9.17) is 11.6 Å². The Morgan fingerprint density at radius 2 is 1.92 bits per heavy atom. The molecule has 2 atom stereocenters. The van der Waals surface area contributed by atoms with Crippen molar-refractivity contribution >= 4 is 17.5 Å². The highest BCUT2D eigenvalue weighted by atomic mass is 35.5. The average molecular weight is 182 g/mol. The van der Waals surface area contributed by atoms with Gasteiger partial charge >= 0.3 is 0 Å². The Kier molecular flexibility index (Phi) is 1.77. The minimum Gasteiger partial charge on any atom is -0.346 e. The lowest BCUT2D eigenvalue weighted by Crippen LogP contribution is -2.52. The Hall–Kier alpha value is -1.02. The van der Waals surface area contributed by atoms with E-state index in [1.54, 1.807) is 0 Å². The molecule has 1 fully saturated rings. The molecule has 1 aromatic rings. The highest BCUT2D eigenvalue weighted by Crippen LogP contribution is 2.28. The largest absolute Gasteiger partial charge is 0.346 e. The zero-order valence-corrected chi connectivity index (χ0v) is 7.08. The van der Waals surface area contributed by atoms with Gasteiger partial charge in [-0.25, -0.2) is 0 Å². The van der Waals surface area contributed by atoms with Crippen LogP contribution in [-0.2, 0) is 4.79 Å². The van der Waals surface area contributed by atoms with Gasteiger partial charge < -0.3 is 5.32 Å². The lowest BCUT2D eigenvalue weighted by Gasteiger charge is -2.32. The van der Waals surface area contributed by atoms with Gasteiger partial charge in [-0.1, -0.05) is 30.3 Å². The van der Waals surface area contributed by atoms with Crippen molar-refractivity contribution in [3.05, 3.63) is 35.9 Å². The number of amides is 1. The van der Waals surface area contributed by atoms with Crippen molar-refractivity contribution in [1.29, 1.82) is 0 Å². The van der Waals surface area contributed by atoms with E-state index >= 15 is 0 Å². The van der Waals surface area contributed by atoms with Crippen molar-refractivity contribution in [2.24, 2.45) is 0 Å². The van der Waals surface area contributed by atoms with E-state index in [9.17, 15) is 4.79 Å². The highest BCUT2D eigenvalue weighted by molar-refractivity contribution is 6.33. The van der Waals surface area contributed by atoms with Gasteiger partial charge in [0.1, 0.15) is 5.38 Å². The fourth-order valence-electron chi connectivity index (χ4n) is 1.27. The fourth-order valence-corrected chi connectivity index (χ4v) is 1.55. The van der Waals surface area contributed by atoms with E-state index in [2.05, 4.69) is 5.32 Å². The fraction of sp³-hybridized carbons (Fsp3) is 0.222. The highest BCUT2D eigenvalue weighted by Gasteiger charge is 2.38. The summed E-state index contributed by atoms with van der Waals surface area (Å²) in [6.07, 6.45) is 0. The monoisotopic (exact) mass is 181 g/mol. The van der Waals surface area contributed by atoms with Crippen LogP contribution in [-0.4, -0.2) is 11.3 Å². The molecule has 62 valence electrons.